The number of benzene rings is 1. The molecule has 0 unspecified atom stereocenters. The first-order chi connectivity index (χ1) is 24.9. The maximum Gasteiger partial charge on any atom is 0.449 e. The van der Waals surface area contributed by atoms with Gasteiger partial charge in [-0.3, -0.25) is 4.90 Å². The van der Waals surface area contributed by atoms with Gasteiger partial charge in [0.1, 0.15) is 25.1 Å². The molecule has 1 N–H and O–H groups in total. The van der Waals surface area contributed by atoms with E-state index in [0.717, 1.165) is 38.0 Å². The first-order valence-electron chi connectivity index (χ1n) is 19.2. The molecule has 0 aliphatic carbocycles. The Kier molecular flexibility index (Phi) is 21.1. The van der Waals surface area contributed by atoms with Crippen LogP contribution in [0, 0.1) is 0 Å². The Balaban J connectivity index is 2.34. The minimum absolute atomic E-state index is 0.0460. The summed E-state index contributed by atoms with van der Waals surface area (Å²) in [4.78, 5) is 29.3. The summed E-state index contributed by atoms with van der Waals surface area (Å²) >= 11 is 0. The molecule has 0 bridgehead atoms. The number of ether oxygens (including phenoxy) is 2. The molecule has 296 valence electrons. The quantitative estimate of drug-likeness (QED) is 0.0311. The number of nitrogens with zero attached hydrogens (tertiary/aromatic N) is 2. The van der Waals surface area contributed by atoms with E-state index >= 15 is 0 Å². The zero-order valence-electron chi connectivity index (χ0n) is 33.5. The Morgan fingerprint density at radius 1 is 0.904 bits per heavy atom. The van der Waals surface area contributed by atoms with Gasteiger partial charge in [-0.1, -0.05) is 83.3 Å². The molecular weight excluding hydrogens is 683 g/mol. The molecular formula is C40H68N2O9P+. The van der Waals surface area contributed by atoms with Crippen LogP contribution in [0.5, 0.6) is 0 Å². The van der Waals surface area contributed by atoms with E-state index < -0.39 is 37.3 Å². The number of anilines is 1. The maximum absolute atomic E-state index is 12.9. The molecule has 0 aliphatic rings. The molecule has 0 saturated carbocycles. The van der Waals surface area contributed by atoms with Crippen LogP contribution in [0.15, 0.2) is 45.6 Å². The second-order valence-electron chi connectivity index (χ2n) is 14.1. The Hall–Kier alpha value is -2.53. The molecule has 0 saturated heterocycles. The van der Waals surface area contributed by atoms with Crippen LogP contribution < -0.4 is 15.8 Å². The van der Waals surface area contributed by atoms with E-state index in [1.165, 1.54) is 90.1 Å². The number of carbonyl (C=O) groups is 1. The summed E-state index contributed by atoms with van der Waals surface area (Å²) in [6, 6.07) is 6.17. The molecule has 1 heterocycles. The SMILES string of the molecule is CCCCCCCCCCCCC/C=C/[C@H](OCOC)[C@H](CO[P+](OC)(OC)c1cc(=O)oc2cc(N(CC)CC)ccc12)N(C(=O)O)C(C)(C)C. The van der Waals surface area contributed by atoms with Gasteiger partial charge in [0.05, 0.1) is 31.7 Å². The largest absolute Gasteiger partial charge is 0.465 e. The topological polar surface area (TPSA) is 120 Å². The third-order valence-corrected chi connectivity index (χ3v) is 11.8. The molecule has 0 radical (unpaired) electrons. The molecule has 1 aromatic heterocycles. The van der Waals surface area contributed by atoms with Crippen molar-refractivity contribution in [3.8, 4) is 0 Å². The van der Waals surface area contributed by atoms with Crippen LogP contribution in [-0.2, 0) is 23.0 Å². The minimum Gasteiger partial charge on any atom is -0.465 e. The van der Waals surface area contributed by atoms with Gasteiger partial charge in [0.2, 0.25) is 5.30 Å². The number of fused-ring (bicyclic) bond motifs is 1. The standard InChI is InChI=1S/C40H67N2O9P/c1-10-13-14-15-16-17-18-19-20-21-22-23-24-25-35(49-31-46-7)34(42(39(44)45)40(4,5)6)30-50-52(47-8,48-9)37-29-38(43)51-36-28-32(26-27-33(36)37)41(11-2)12-3/h24-29,34-35H,10-23,30-31H2,1-9H3/p+1/b25-24+/t34-,35-/m0/s1. The molecule has 12 heteroatoms. The van der Waals surface area contributed by atoms with E-state index in [0.29, 0.717) is 16.3 Å². The van der Waals surface area contributed by atoms with Crippen LogP contribution in [0.1, 0.15) is 119 Å². The van der Waals surface area contributed by atoms with E-state index in [2.05, 4.69) is 31.7 Å². The van der Waals surface area contributed by atoms with Gasteiger partial charge in [-0.05, 0) is 59.6 Å². The second-order valence-corrected chi connectivity index (χ2v) is 16.6. The van der Waals surface area contributed by atoms with Gasteiger partial charge in [-0.15, -0.1) is 0 Å². The number of amides is 1. The van der Waals surface area contributed by atoms with Crippen molar-refractivity contribution < 1.29 is 37.4 Å². The van der Waals surface area contributed by atoms with Crippen LogP contribution in [0.2, 0.25) is 0 Å². The highest BCUT2D eigenvalue weighted by Crippen LogP contribution is 2.61. The van der Waals surface area contributed by atoms with Crippen LogP contribution in [-0.4, -0.2) is 81.6 Å². The normalized spacial score (nSPS) is 13.6. The van der Waals surface area contributed by atoms with Gasteiger partial charge in [-0.25, -0.2) is 9.59 Å². The predicted molar refractivity (Wildman–Crippen MR) is 213 cm³/mol. The van der Waals surface area contributed by atoms with Gasteiger partial charge in [-0.2, -0.15) is 13.6 Å². The first-order valence-corrected chi connectivity index (χ1v) is 20.7. The van der Waals surface area contributed by atoms with Crippen molar-refractivity contribution >= 4 is 36.0 Å². The highest BCUT2D eigenvalue weighted by atomic mass is 31.2. The Bertz CT molecular complexity index is 1390. The zero-order chi connectivity index (χ0) is 38.6. The average Bonchev–Trinajstić information content (AvgIpc) is 3.11. The summed E-state index contributed by atoms with van der Waals surface area (Å²) in [6.07, 6.45) is 16.9. The lowest BCUT2D eigenvalue weighted by molar-refractivity contribution is -0.0945. The molecule has 0 aliphatic heterocycles. The third-order valence-electron chi connectivity index (χ3n) is 9.34. The summed E-state index contributed by atoms with van der Waals surface area (Å²) in [5, 5.41) is 11.6. The number of carboxylic acid groups (broad SMARTS) is 1. The second kappa shape index (κ2) is 24.0. The Labute approximate surface area is 313 Å². The lowest BCUT2D eigenvalue weighted by Crippen LogP contribution is -2.57. The highest BCUT2D eigenvalue weighted by Gasteiger charge is 2.51. The monoisotopic (exact) mass is 751 g/mol. The number of unbranched alkanes of at least 4 members (excludes halogenated alkanes) is 11. The number of hydrogen-bond acceptors (Lipinski definition) is 9. The molecule has 2 aromatic rings. The fraction of sp³-hybridized carbons (Fsp3) is 0.700. The van der Waals surface area contributed by atoms with E-state index in [9.17, 15) is 14.7 Å². The van der Waals surface area contributed by atoms with Gasteiger partial charge in [0.25, 0.3) is 0 Å². The van der Waals surface area contributed by atoms with Gasteiger partial charge >= 0.3 is 19.7 Å². The summed E-state index contributed by atoms with van der Waals surface area (Å²) in [5.74, 6) is 0. The summed E-state index contributed by atoms with van der Waals surface area (Å²) < 4.78 is 35.6. The Morgan fingerprint density at radius 3 is 2.02 bits per heavy atom. The number of methoxy groups -OCH3 is 1. The van der Waals surface area contributed by atoms with Gasteiger partial charge in [0.15, 0.2) is 0 Å². The van der Waals surface area contributed by atoms with Crippen LogP contribution in [0.25, 0.3) is 11.0 Å². The minimum atomic E-state index is -3.44. The number of rotatable bonds is 27. The molecule has 2 atom stereocenters. The molecule has 0 spiro atoms. The van der Waals surface area contributed by atoms with Crippen molar-refractivity contribution in [1.29, 1.82) is 0 Å². The van der Waals surface area contributed by atoms with E-state index in [1.807, 2.05) is 45.0 Å². The van der Waals surface area contributed by atoms with E-state index in [4.69, 9.17) is 27.5 Å². The van der Waals surface area contributed by atoms with Crippen LogP contribution in [0.3, 0.4) is 0 Å². The zero-order valence-corrected chi connectivity index (χ0v) is 34.4. The molecule has 2 rings (SSSR count). The van der Waals surface area contributed by atoms with Crippen molar-refractivity contribution in [2.24, 2.45) is 0 Å². The molecule has 11 nitrogen and oxygen atoms in total. The Morgan fingerprint density at radius 2 is 1.50 bits per heavy atom. The molecule has 52 heavy (non-hydrogen) atoms. The number of allylic oxidation sites excluding steroid dienone is 1. The maximum atomic E-state index is 12.9. The van der Waals surface area contributed by atoms with E-state index in [1.54, 1.807) is 0 Å². The van der Waals surface area contributed by atoms with Crippen molar-refractivity contribution in [3.63, 3.8) is 0 Å². The van der Waals surface area contributed by atoms with Crippen LogP contribution in [0.4, 0.5) is 10.5 Å². The third kappa shape index (κ3) is 14.0. The van der Waals surface area contributed by atoms with Gasteiger partial charge < -0.3 is 23.9 Å². The highest BCUT2D eigenvalue weighted by molar-refractivity contribution is 7.70. The van der Waals surface area contributed by atoms with E-state index in [-0.39, 0.29) is 13.4 Å². The first kappa shape index (κ1) is 45.6. The summed E-state index contributed by atoms with van der Waals surface area (Å²) in [7, 11) is 1.01. The van der Waals surface area contributed by atoms with Crippen molar-refractivity contribution in [2.75, 3.05) is 52.7 Å². The average molecular weight is 752 g/mol. The molecule has 1 aromatic carbocycles. The number of hydrogen-bond donors (Lipinski definition) is 1. The predicted octanol–water partition coefficient (Wildman–Crippen LogP) is 9.73. The van der Waals surface area contributed by atoms with Gasteiger partial charge in [0, 0.05) is 37.5 Å². The summed E-state index contributed by atoms with van der Waals surface area (Å²) in [5.41, 5.74) is -0.107. The molecule has 1 amide bonds. The van der Waals surface area contributed by atoms with Crippen molar-refractivity contribution in [1.82, 2.24) is 4.90 Å². The fourth-order valence-corrected chi connectivity index (χ4v) is 8.59. The fourth-order valence-electron chi connectivity index (χ4n) is 6.61. The van der Waals surface area contributed by atoms with Crippen LogP contribution >= 0.6 is 7.94 Å². The lowest BCUT2D eigenvalue weighted by atomic mass is 10.00. The summed E-state index contributed by atoms with van der Waals surface area (Å²) in [6.45, 7) is 13.2. The van der Waals surface area contributed by atoms with Crippen molar-refractivity contribution in [3.05, 3.63) is 46.8 Å². The lowest BCUT2D eigenvalue weighted by Gasteiger charge is -2.41. The molecule has 0 fully saturated rings. The smallest absolute Gasteiger partial charge is 0.449 e. The van der Waals surface area contributed by atoms with Crippen molar-refractivity contribution in [2.45, 2.75) is 136 Å².